The Morgan fingerprint density at radius 3 is 2.86 bits per heavy atom. The largest absolute Gasteiger partial charge is 0.496 e. The molecule has 0 N–H and O–H groups in total. The summed E-state index contributed by atoms with van der Waals surface area (Å²) in [7, 11) is 1.68. The number of hydrogen-bond acceptors (Lipinski definition) is 4. The molecule has 5 heteroatoms. The van der Waals surface area contributed by atoms with Crippen molar-refractivity contribution >= 4 is 16.3 Å². The summed E-state index contributed by atoms with van der Waals surface area (Å²) in [5, 5.41) is 2.02. The summed E-state index contributed by atoms with van der Waals surface area (Å²) in [5.74, 6) is 0.799. The van der Waals surface area contributed by atoms with Crippen LogP contribution in [0.25, 0.3) is 27.5 Å². The number of nitrogens with zero attached hydrogens (tertiary/aromatic N) is 3. The molecule has 0 spiro atoms. The van der Waals surface area contributed by atoms with E-state index in [-0.39, 0.29) is 0 Å². The molecular formula is C17H13N3OS. The zero-order valence-corrected chi connectivity index (χ0v) is 12.7. The molecule has 0 atom stereocenters. The molecule has 0 aliphatic carbocycles. The van der Waals surface area contributed by atoms with Gasteiger partial charge in [0, 0.05) is 35.1 Å². The van der Waals surface area contributed by atoms with E-state index in [1.807, 2.05) is 52.5 Å². The molecule has 22 heavy (non-hydrogen) atoms. The fourth-order valence-corrected chi connectivity index (χ4v) is 3.15. The summed E-state index contributed by atoms with van der Waals surface area (Å²) >= 11 is 1.62. The van der Waals surface area contributed by atoms with Gasteiger partial charge in [0.2, 0.25) is 0 Å². The van der Waals surface area contributed by atoms with Crippen LogP contribution in [0.1, 0.15) is 0 Å². The SMILES string of the molecule is COc1cc(-c2cn3ccsc3n2)ccc1-c1ccccn1. The molecule has 4 aromatic rings. The third-order valence-electron chi connectivity index (χ3n) is 3.53. The van der Waals surface area contributed by atoms with Crippen LogP contribution in [0.4, 0.5) is 0 Å². The van der Waals surface area contributed by atoms with Crippen LogP contribution >= 0.6 is 11.3 Å². The molecule has 3 aromatic heterocycles. The van der Waals surface area contributed by atoms with E-state index in [9.17, 15) is 0 Å². The van der Waals surface area contributed by atoms with Crippen molar-refractivity contribution < 1.29 is 4.74 Å². The number of benzene rings is 1. The summed E-state index contributed by atoms with van der Waals surface area (Å²) in [6.45, 7) is 0. The number of thiazole rings is 1. The zero-order chi connectivity index (χ0) is 14.9. The van der Waals surface area contributed by atoms with E-state index in [4.69, 9.17) is 4.74 Å². The van der Waals surface area contributed by atoms with Crippen LogP contribution in [-0.2, 0) is 0 Å². The zero-order valence-electron chi connectivity index (χ0n) is 11.9. The van der Waals surface area contributed by atoms with Crippen molar-refractivity contribution in [2.24, 2.45) is 0 Å². The number of hydrogen-bond donors (Lipinski definition) is 0. The molecule has 0 aliphatic rings. The van der Waals surface area contributed by atoms with Gasteiger partial charge in [0.1, 0.15) is 5.75 Å². The highest BCUT2D eigenvalue weighted by atomic mass is 32.1. The maximum absolute atomic E-state index is 5.55. The first kappa shape index (κ1) is 13.0. The van der Waals surface area contributed by atoms with Crippen molar-refractivity contribution in [1.29, 1.82) is 0 Å². The predicted octanol–water partition coefficient (Wildman–Crippen LogP) is 4.13. The number of rotatable bonds is 3. The quantitative estimate of drug-likeness (QED) is 0.571. The van der Waals surface area contributed by atoms with E-state index in [0.29, 0.717) is 0 Å². The average Bonchev–Trinajstić information content (AvgIpc) is 3.17. The molecule has 108 valence electrons. The fourth-order valence-electron chi connectivity index (χ4n) is 2.45. The number of aromatic nitrogens is 3. The van der Waals surface area contributed by atoms with E-state index in [1.165, 1.54) is 0 Å². The molecule has 1 aromatic carbocycles. The summed E-state index contributed by atoms with van der Waals surface area (Å²) in [6.07, 6.45) is 5.82. The number of ether oxygens (including phenoxy) is 1. The molecule has 0 saturated heterocycles. The minimum Gasteiger partial charge on any atom is -0.496 e. The summed E-state index contributed by atoms with van der Waals surface area (Å²) in [5.41, 5.74) is 3.86. The molecular weight excluding hydrogens is 294 g/mol. The summed E-state index contributed by atoms with van der Waals surface area (Å²) in [4.78, 5) is 10.0. The van der Waals surface area contributed by atoms with Crippen LogP contribution in [0.2, 0.25) is 0 Å². The minimum absolute atomic E-state index is 0.799. The van der Waals surface area contributed by atoms with E-state index < -0.39 is 0 Å². The van der Waals surface area contributed by atoms with Gasteiger partial charge in [0.15, 0.2) is 4.96 Å². The lowest BCUT2D eigenvalue weighted by Crippen LogP contribution is -1.91. The maximum Gasteiger partial charge on any atom is 0.194 e. The average molecular weight is 307 g/mol. The molecule has 4 rings (SSSR count). The van der Waals surface area contributed by atoms with Gasteiger partial charge >= 0.3 is 0 Å². The van der Waals surface area contributed by atoms with E-state index >= 15 is 0 Å². The van der Waals surface area contributed by atoms with Crippen molar-refractivity contribution in [3.8, 4) is 28.3 Å². The van der Waals surface area contributed by atoms with Crippen LogP contribution in [-0.4, -0.2) is 21.5 Å². The monoisotopic (exact) mass is 307 g/mol. The Hall–Kier alpha value is -2.66. The molecule has 0 radical (unpaired) electrons. The van der Waals surface area contributed by atoms with Gasteiger partial charge in [-0.15, -0.1) is 11.3 Å². The van der Waals surface area contributed by atoms with Crippen LogP contribution in [0.5, 0.6) is 5.75 Å². The first-order valence-corrected chi connectivity index (χ1v) is 7.75. The Kier molecular flexibility index (Phi) is 3.12. The first-order valence-electron chi connectivity index (χ1n) is 6.87. The second kappa shape index (κ2) is 5.27. The van der Waals surface area contributed by atoms with Gasteiger partial charge in [-0.2, -0.15) is 0 Å². The Labute approximate surface area is 131 Å². The Morgan fingerprint density at radius 1 is 1.14 bits per heavy atom. The minimum atomic E-state index is 0.799. The smallest absolute Gasteiger partial charge is 0.194 e. The molecule has 0 saturated carbocycles. The maximum atomic E-state index is 5.55. The Morgan fingerprint density at radius 2 is 2.09 bits per heavy atom. The number of methoxy groups -OCH3 is 1. The van der Waals surface area contributed by atoms with Gasteiger partial charge in [-0.05, 0) is 24.3 Å². The molecule has 4 nitrogen and oxygen atoms in total. The third-order valence-corrected chi connectivity index (χ3v) is 4.30. The number of pyridine rings is 1. The lowest BCUT2D eigenvalue weighted by Gasteiger charge is -2.09. The topological polar surface area (TPSA) is 39.4 Å². The van der Waals surface area contributed by atoms with Crippen LogP contribution in [0.15, 0.2) is 60.4 Å². The summed E-state index contributed by atoms with van der Waals surface area (Å²) < 4.78 is 7.57. The van der Waals surface area contributed by atoms with Crippen molar-refractivity contribution in [1.82, 2.24) is 14.4 Å². The Balaban J connectivity index is 1.81. The highest BCUT2D eigenvalue weighted by molar-refractivity contribution is 7.15. The normalized spacial score (nSPS) is 11.0. The van der Waals surface area contributed by atoms with Crippen molar-refractivity contribution in [2.45, 2.75) is 0 Å². The number of imidazole rings is 1. The first-order chi connectivity index (χ1) is 10.8. The van der Waals surface area contributed by atoms with Gasteiger partial charge in [-0.3, -0.25) is 9.38 Å². The Bertz CT molecular complexity index is 899. The highest BCUT2D eigenvalue weighted by Gasteiger charge is 2.11. The van der Waals surface area contributed by atoms with Gasteiger partial charge in [-0.1, -0.05) is 12.1 Å². The standard InChI is InChI=1S/C17H13N3OS/c1-21-16-10-12(15-11-20-8-9-22-17(20)19-15)5-6-13(16)14-4-2-3-7-18-14/h2-11H,1H3. The molecule has 0 unspecified atom stereocenters. The third kappa shape index (κ3) is 2.16. The van der Waals surface area contributed by atoms with Crippen LogP contribution in [0.3, 0.4) is 0 Å². The molecule has 0 amide bonds. The predicted molar refractivity (Wildman–Crippen MR) is 88.3 cm³/mol. The van der Waals surface area contributed by atoms with E-state index in [0.717, 1.165) is 33.2 Å². The highest BCUT2D eigenvalue weighted by Crippen LogP contribution is 2.33. The second-order valence-electron chi connectivity index (χ2n) is 4.85. The van der Waals surface area contributed by atoms with Crippen molar-refractivity contribution in [3.63, 3.8) is 0 Å². The van der Waals surface area contributed by atoms with Crippen molar-refractivity contribution in [2.75, 3.05) is 7.11 Å². The molecule has 0 bridgehead atoms. The van der Waals surface area contributed by atoms with Gasteiger partial charge in [0.25, 0.3) is 0 Å². The lowest BCUT2D eigenvalue weighted by atomic mass is 10.1. The number of fused-ring (bicyclic) bond motifs is 1. The molecule has 0 fully saturated rings. The second-order valence-corrected chi connectivity index (χ2v) is 5.72. The molecule has 0 aliphatic heterocycles. The van der Waals surface area contributed by atoms with Crippen LogP contribution < -0.4 is 4.74 Å². The fraction of sp³-hybridized carbons (Fsp3) is 0.0588. The van der Waals surface area contributed by atoms with E-state index in [2.05, 4.69) is 16.0 Å². The van der Waals surface area contributed by atoms with Gasteiger partial charge in [0.05, 0.1) is 18.5 Å². The van der Waals surface area contributed by atoms with Crippen LogP contribution in [0, 0.1) is 0 Å². The van der Waals surface area contributed by atoms with Gasteiger partial charge < -0.3 is 4.74 Å². The van der Waals surface area contributed by atoms with E-state index in [1.54, 1.807) is 24.6 Å². The van der Waals surface area contributed by atoms with Crippen molar-refractivity contribution in [3.05, 3.63) is 60.4 Å². The lowest BCUT2D eigenvalue weighted by molar-refractivity contribution is 0.416. The molecule has 3 heterocycles. The van der Waals surface area contributed by atoms with Gasteiger partial charge in [-0.25, -0.2) is 4.98 Å². The summed E-state index contributed by atoms with van der Waals surface area (Å²) in [6, 6.07) is 11.9.